The minimum absolute atomic E-state index is 0.0248. The standard InChI is InChI=1S/C24H28F3N3O2S/c1-3-32-23(31)29-11-10-28-14-18(29)12-16(2)15-30-19-6-4-5-7-21(19)33-22-9-8-17(13-20(22)30)24(25,26)27/h4-9,13,16,18,28H,3,10-12,14-15H2,1-2H3. The molecule has 1 fully saturated rings. The van der Waals surface area contributed by atoms with Crippen LogP contribution >= 0.6 is 11.8 Å². The van der Waals surface area contributed by atoms with Crippen molar-refractivity contribution in [2.75, 3.05) is 37.7 Å². The molecule has 0 bridgehead atoms. The number of halogens is 3. The van der Waals surface area contributed by atoms with Gasteiger partial charge >= 0.3 is 12.3 Å². The fourth-order valence-electron chi connectivity index (χ4n) is 4.47. The number of amides is 1. The van der Waals surface area contributed by atoms with Gasteiger partial charge in [-0.15, -0.1) is 0 Å². The normalized spacial score (nSPS) is 19.0. The van der Waals surface area contributed by atoms with Crippen LogP contribution in [-0.2, 0) is 10.9 Å². The summed E-state index contributed by atoms with van der Waals surface area (Å²) in [6, 6.07) is 11.7. The second-order valence-electron chi connectivity index (χ2n) is 8.45. The fourth-order valence-corrected chi connectivity index (χ4v) is 5.55. The number of para-hydroxylation sites is 1. The first kappa shape index (κ1) is 23.8. The van der Waals surface area contributed by atoms with Gasteiger partial charge in [0.1, 0.15) is 0 Å². The zero-order valence-corrected chi connectivity index (χ0v) is 19.5. The maximum Gasteiger partial charge on any atom is 0.416 e. The first-order valence-corrected chi connectivity index (χ1v) is 12.0. The van der Waals surface area contributed by atoms with E-state index in [1.165, 1.54) is 17.8 Å². The van der Waals surface area contributed by atoms with Crippen LogP contribution in [0.1, 0.15) is 25.8 Å². The lowest BCUT2D eigenvalue weighted by Crippen LogP contribution is -2.54. The van der Waals surface area contributed by atoms with Crippen LogP contribution in [0.4, 0.5) is 29.3 Å². The maximum absolute atomic E-state index is 13.5. The molecule has 0 spiro atoms. The Balaban J connectivity index is 1.58. The van der Waals surface area contributed by atoms with Gasteiger partial charge in [0.15, 0.2) is 0 Å². The monoisotopic (exact) mass is 479 g/mol. The lowest BCUT2D eigenvalue weighted by molar-refractivity contribution is -0.137. The van der Waals surface area contributed by atoms with E-state index in [4.69, 9.17) is 4.74 Å². The highest BCUT2D eigenvalue weighted by Gasteiger charge is 2.34. The van der Waals surface area contributed by atoms with Crippen LogP contribution in [-0.4, -0.2) is 49.8 Å². The van der Waals surface area contributed by atoms with E-state index >= 15 is 0 Å². The quantitative estimate of drug-likeness (QED) is 0.590. The van der Waals surface area contributed by atoms with Crippen molar-refractivity contribution in [1.29, 1.82) is 0 Å². The van der Waals surface area contributed by atoms with Crippen molar-refractivity contribution in [3.63, 3.8) is 0 Å². The highest BCUT2D eigenvalue weighted by atomic mass is 32.2. The molecule has 2 heterocycles. The average molecular weight is 480 g/mol. The summed E-state index contributed by atoms with van der Waals surface area (Å²) in [7, 11) is 0. The van der Waals surface area contributed by atoms with Gasteiger partial charge in [-0.3, -0.25) is 0 Å². The molecule has 0 aromatic heterocycles. The fraction of sp³-hybridized carbons (Fsp3) is 0.458. The largest absolute Gasteiger partial charge is 0.450 e. The molecule has 0 aliphatic carbocycles. The second kappa shape index (κ2) is 9.85. The van der Waals surface area contributed by atoms with Gasteiger partial charge in [-0.1, -0.05) is 30.8 Å². The molecule has 2 aromatic carbocycles. The van der Waals surface area contributed by atoms with E-state index in [0.717, 1.165) is 21.5 Å². The van der Waals surface area contributed by atoms with Crippen molar-refractivity contribution < 1.29 is 22.7 Å². The number of fused-ring (bicyclic) bond motifs is 2. The predicted octanol–water partition coefficient (Wildman–Crippen LogP) is 5.76. The number of ether oxygens (including phenoxy) is 1. The van der Waals surface area contributed by atoms with E-state index in [9.17, 15) is 18.0 Å². The molecule has 2 aromatic rings. The molecule has 2 unspecified atom stereocenters. The van der Waals surface area contributed by atoms with E-state index < -0.39 is 11.7 Å². The van der Waals surface area contributed by atoms with Gasteiger partial charge in [0.05, 0.1) is 23.5 Å². The zero-order valence-electron chi connectivity index (χ0n) is 18.7. The number of rotatable bonds is 5. The molecule has 1 saturated heterocycles. The number of alkyl halides is 3. The van der Waals surface area contributed by atoms with Gasteiger partial charge < -0.3 is 19.9 Å². The predicted molar refractivity (Wildman–Crippen MR) is 123 cm³/mol. The Kier molecular flexibility index (Phi) is 7.09. The number of nitrogens with zero attached hydrogens (tertiary/aromatic N) is 2. The third kappa shape index (κ3) is 5.24. The second-order valence-corrected chi connectivity index (χ2v) is 9.54. The van der Waals surface area contributed by atoms with Crippen molar-refractivity contribution >= 4 is 29.2 Å². The number of anilines is 2. The molecular formula is C24H28F3N3O2S. The highest BCUT2D eigenvalue weighted by Crippen LogP contribution is 2.49. The zero-order chi connectivity index (χ0) is 23.6. The SMILES string of the molecule is CCOC(=O)N1CCNCC1CC(C)CN1c2ccccc2Sc2ccc(C(F)(F)F)cc21. The molecule has 33 heavy (non-hydrogen) atoms. The Morgan fingerprint density at radius 3 is 2.73 bits per heavy atom. The van der Waals surface area contributed by atoms with Crippen LogP contribution in [0.2, 0.25) is 0 Å². The summed E-state index contributed by atoms with van der Waals surface area (Å²) in [4.78, 5) is 18.0. The Labute approximate surface area is 196 Å². The number of carbonyl (C=O) groups excluding carboxylic acids is 1. The summed E-state index contributed by atoms with van der Waals surface area (Å²) in [6.07, 6.45) is -4.00. The van der Waals surface area contributed by atoms with Crippen molar-refractivity contribution in [3.8, 4) is 0 Å². The molecule has 4 rings (SSSR count). The lowest BCUT2D eigenvalue weighted by atomic mass is 9.98. The van der Waals surface area contributed by atoms with Crippen LogP contribution in [0, 0.1) is 5.92 Å². The molecule has 2 aliphatic heterocycles. The van der Waals surface area contributed by atoms with E-state index in [-0.39, 0.29) is 18.1 Å². The summed E-state index contributed by atoms with van der Waals surface area (Å²) in [5.74, 6) is 0.116. The third-order valence-corrected chi connectivity index (χ3v) is 7.10. The van der Waals surface area contributed by atoms with Crippen LogP contribution < -0.4 is 10.2 Å². The molecule has 5 nitrogen and oxygen atoms in total. The van der Waals surface area contributed by atoms with E-state index in [1.807, 2.05) is 29.2 Å². The molecule has 0 saturated carbocycles. The minimum Gasteiger partial charge on any atom is -0.450 e. The number of benzene rings is 2. The number of piperazine rings is 1. The summed E-state index contributed by atoms with van der Waals surface area (Å²) in [5.41, 5.74) is 0.832. The maximum atomic E-state index is 13.5. The Morgan fingerprint density at radius 1 is 1.21 bits per heavy atom. The van der Waals surface area contributed by atoms with Crippen LogP contribution in [0.15, 0.2) is 52.3 Å². The van der Waals surface area contributed by atoms with Gasteiger partial charge in [0.2, 0.25) is 0 Å². The smallest absolute Gasteiger partial charge is 0.416 e. The number of carbonyl (C=O) groups is 1. The average Bonchev–Trinajstić information content (AvgIpc) is 2.78. The number of nitrogens with one attached hydrogen (secondary N) is 1. The van der Waals surface area contributed by atoms with Crippen molar-refractivity contribution in [2.24, 2.45) is 5.92 Å². The van der Waals surface area contributed by atoms with Crippen LogP contribution in [0.3, 0.4) is 0 Å². The Hall–Kier alpha value is -2.39. The molecule has 0 radical (unpaired) electrons. The van der Waals surface area contributed by atoms with Gasteiger partial charge in [0, 0.05) is 42.0 Å². The molecule has 178 valence electrons. The number of hydrogen-bond donors (Lipinski definition) is 1. The first-order chi connectivity index (χ1) is 15.8. The lowest BCUT2D eigenvalue weighted by Gasteiger charge is -2.39. The molecule has 2 atom stereocenters. The summed E-state index contributed by atoms with van der Waals surface area (Å²) < 4.78 is 45.6. The molecular weight excluding hydrogens is 451 g/mol. The Morgan fingerprint density at radius 2 is 1.97 bits per heavy atom. The molecule has 9 heteroatoms. The summed E-state index contributed by atoms with van der Waals surface area (Å²) in [6.45, 7) is 6.70. The van der Waals surface area contributed by atoms with Crippen molar-refractivity contribution in [3.05, 3.63) is 48.0 Å². The number of hydrogen-bond acceptors (Lipinski definition) is 5. The topological polar surface area (TPSA) is 44.8 Å². The molecule has 1 amide bonds. The first-order valence-electron chi connectivity index (χ1n) is 11.2. The van der Waals surface area contributed by atoms with Crippen molar-refractivity contribution in [1.82, 2.24) is 10.2 Å². The molecule has 2 aliphatic rings. The molecule has 1 N–H and O–H groups in total. The Bertz CT molecular complexity index is 1000. The third-order valence-electron chi connectivity index (χ3n) is 5.97. The van der Waals surface area contributed by atoms with Crippen molar-refractivity contribution in [2.45, 2.75) is 42.3 Å². The van der Waals surface area contributed by atoms with Crippen LogP contribution in [0.5, 0.6) is 0 Å². The van der Waals surface area contributed by atoms with Gasteiger partial charge in [0.25, 0.3) is 0 Å². The minimum atomic E-state index is -4.40. The van der Waals surface area contributed by atoms with E-state index in [0.29, 0.717) is 44.9 Å². The van der Waals surface area contributed by atoms with Gasteiger partial charge in [-0.2, -0.15) is 13.2 Å². The summed E-state index contributed by atoms with van der Waals surface area (Å²) >= 11 is 1.49. The van der Waals surface area contributed by atoms with Crippen LogP contribution in [0.25, 0.3) is 0 Å². The van der Waals surface area contributed by atoms with Gasteiger partial charge in [-0.05, 0) is 49.6 Å². The summed E-state index contributed by atoms with van der Waals surface area (Å²) in [5, 5.41) is 3.33. The van der Waals surface area contributed by atoms with E-state index in [1.54, 1.807) is 17.9 Å². The van der Waals surface area contributed by atoms with E-state index in [2.05, 4.69) is 12.2 Å². The van der Waals surface area contributed by atoms with Gasteiger partial charge in [-0.25, -0.2) is 4.79 Å². The highest BCUT2D eigenvalue weighted by molar-refractivity contribution is 7.99.